The number of carbonyl (C=O) groups is 1. The predicted molar refractivity (Wildman–Crippen MR) is 68.1 cm³/mol. The first-order valence-corrected chi connectivity index (χ1v) is 5.49. The topological polar surface area (TPSA) is 22.0 Å². The van der Waals surface area contributed by atoms with Crippen LogP contribution in [0.4, 0.5) is 0 Å². The van der Waals surface area contributed by atoms with Crippen molar-refractivity contribution in [2.75, 3.05) is 0 Å². The second kappa shape index (κ2) is 4.90. The highest BCUT2D eigenvalue weighted by molar-refractivity contribution is 6.30. The van der Waals surface area contributed by atoms with Crippen LogP contribution < -0.4 is 0 Å². The Labute approximate surface area is 105 Å². The Hall–Kier alpha value is -1.98. The molecule has 1 aromatic heterocycles. The van der Waals surface area contributed by atoms with Crippen LogP contribution in [-0.4, -0.2) is 10.4 Å². The van der Waals surface area contributed by atoms with Gasteiger partial charge in [0, 0.05) is 16.8 Å². The molecule has 0 N–H and O–H groups in total. The van der Waals surface area contributed by atoms with E-state index in [1.807, 2.05) is 0 Å². The molecule has 0 unspecified atom stereocenters. The van der Waals surface area contributed by atoms with E-state index in [1.54, 1.807) is 47.2 Å². The van der Waals surface area contributed by atoms with Crippen molar-refractivity contribution in [3.63, 3.8) is 0 Å². The van der Waals surface area contributed by atoms with Crippen LogP contribution in [0.15, 0.2) is 42.6 Å². The van der Waals surface area contributed by atoms with Gasteiger partial charge in [0.15, 0.2) is 0 Å². The summed E-state index contributed by atoms with van der Waals surface area (Å²) in [7, 11) is 0. The van der Waals surface area contributed by atoms with E-state index >= 15 is 0 Å². The van der Waals surface area contributed by atoms with E-state index in [0.717, 1.165) is 0 Å². The van der Waals surface area contributed by atoms with Gasteiger partial charge in [-0.15, -0.1) is 6.42 Å². The quantitative estimate of drug-likeness (QED) is 0.600. The number of ketones is 1. The molecule has 0 aliphatic heterocycles. The summed E-state index contributed by atoms with van der Waals surface area (Å²) >= 11 is 5.78. The Balaban J connectivity index is 2.34. The Kier molecular flexibility index (Phi) is 3.32. The van der Waals surface area contributed by atoms with Crippen molar-refractivity contribution in [3.05, 3.63) is 58.9 Å². The summed E-state index contributed by atoms with van der Waals surface area (Å²) in [6.45, 7) is 0.391. The highest BCUT2D eigenvalue weighted by Gasteiger charge is 2.12. The first-order valence-electron chi connectivity index (χ1n) is 5.11. The predicted octanol–water partition coefficient (Wildman–Crippen LogP) is 3.01. The maximum Gasteiger partial charge on any atom is 0.209 e. The van der Waals surface area contributed by atoms with E-state index in [4.69, 9.17) is 18.0 Å². The monoisotopic (exact) mass is 243 g/mol. The number of benzene rings is 1. The molecule has 1 heterocycles. The molecule has 17 heavy (non-hydrogen) atoms. The van der Waals surface area contributed by atoms with Crippen LogP contribution in [-0.2, 0) is 6.54 Å². The lowest BCUT2D eigenvalue weighted by molar-refractivity contribution is 0.103. The third-order valence-electron chi connectivity index (χ3n) is 2.43. The Bertz CT molecular complexity index is 575. The Morgan fingerprint density at radius 1 is 1.29 bits per heavy atom. The van der Waals surface area contributed by atoms with Crippen molar-refractivity contribution >= 4 is 17.4 Å². The number of nitrogens with zero attached hydrogens (tertiary/aromatic N) is 1. The van der Waals surface area contributed by atoms with Crippen LogP contribution >= 0.6 is 11.6 Å². The first-order chi connectivity index (χ1) is 8.22. The Morgan fingerprint density at radius 3 is 2.65 bits per heavy atom. The number of aromatic nitrogens is 1. The van der Waals surface area contributed by atoms with Crippen molar-refractivity contribution in [1.82, 2.24) is 4.57 Å². The van der Waals surface area contributed by atoms with Crippen molar-refractivity contribution < 1.29 is 4.79 Å². The average Bonchev–Trinajstić information content (AvgIpc) is 2.78. The lowest BCUT2D eigenvalue weighted by Crippen LogP contribution is -2.09. The zero-order chi connectivity index (χ0) is 12.3. The zero-order valence-corrected chi connectivity index (χ0v) is 9.82. The third-order valence-corrected chi connectivity index (χ3v) is 2.68. The molecular formula is C14H10ClNO. The van der Waals surface area contributed by atoms with E-state index < -0.39 is 0 Å². The van der Waals surface area contributed by atoms with Gasteiger partial charge in [0.1, 0.15) is 0 Å². The minimum Gasteiger partial charge on any atom is -0.333 e. The number of terminal acetylenes is 1. The summed E-state index contributed by atoms with van der Waals surface area (Å²) < 4.78 is 1.75. The van der Waals surface area contributed by atoms with Crippen molar-refractivity contribution in [2.45, 2.75) is 6.54 Å². The van der Waals surface area contributed by atoms with Gasteiger partial charge in [-0.3, -0.25) is 4.79 Å². The fraction of sp³-hybridized carbons (Fsp3) is 0.0714. The average molecular weight is 244 g/mol. The first kappa shape index (κ1) is 11.5. The Morgan fingerprint density at radius 2 is 2.00 bits per heavy atom. The van der Waals surface area contributed by atoms with Crippen molar-refractivity contribution in [1.29, 1.82) is 0 Å². The third kappa shape index (κ3) is 2.41. The van der Waals surface area contributed by atoms with E-state index in [9.17, 15) is 4.79 Å². The van der Waals surface area contributed by atoms with Crippen LogP contribution in [0.25, 0.3) is 0 Å². The number of hydrogen-bond acceptors (Lipinski definition) is 1. The fourth-order valence-electron chi connectivity index (χ4n) is 1.61. The van der Waals surface area contributed by atoms with E-state index in [0.29, 0.717) is 22.8 Å². The standard InChI is InChI=1S/C14H10ClNO/c1-2-9-16-10-3-4-13(16)14(17)11-5-7-12(15)8-6-11/h1,3-8,10H,9H2. The van der Waals surface area contributed by atoms with E-state index in [2.05, 4.69) is 5.92 Å². The van der Waals surface area contributed by atoms with Gasteiger partial charge in [-0.1, -0.05) is 17.5 Å². The molecular weight excluding hydrogens is 234 g/mol. The molecule has 0 bridgehead atoms. The van der Waals surface area contributed by atoms with Gasteiger partial charge in [-0.05, 0) is 36.4 Å². The maximum absolute atomic E-state index is 12.2. The van der Waals surface area contributed by atoms with E-state index in [-0.39, 0.29) is 5.78 Å². The van der Waals surface area contributed by atoms with Gasteiger partial charge >= 0.3 is 0 Å². The van der Waals surface area contributed by atoms with Gasteiger partial charge in [-0.2, -0.15) is 0 Å². The molecule has 2 aromatic rings. The van der Waals surface area contributed by atoms with Gasteiger partial charge in [-0.25, -0.2) is 0 Å². The fourth-order valence-corrected chi connectivity index (χ4v) is 1.73. The molecule has 2 rings (SSSR count). The van der Waals surface area contributed by atoms with Gasteiger partial charge in [0.05, 0.1) is 12.2 Å². The molecule has 0 atom stereocenters. The van der Waals surface area contributed by atoms with Crippen LogP contribution in [0.1, 0.15) is 16.1 Å². The summed E-state index contributed by atoms with van der Waals surface area (Å²) in [5.41, 5.74) is 1.19. The highest BCUT2D eigenvalue weighted by atomic mass is 35.5. The number of hydrogen-bond donors (Lipinski definition) is 0. The van der Waals surface area contributed by atoms with Crippen LogP contribution in [0, 0.1) is 12.3 Å². The normalized spacial score (nSPS) is 9.88. The van der Waals surface area contributed by atoms with Crippen LogP contribution in [0.2, 0.25) is 5.02 Å². The molecule has 0 aliphatic carbocycles. The largest absolute Gasteiger partial charge is 0.333 e. The van der Waals surface area contributed by atoms with Crippen LogP contribution in [0.5, 0.6) is 0 Å². The smallest absolute Gasteiger partial charge is 0.209 e. The van der Waals surface area contributed by atoms with Gasteiger partial charge in [0.2, 0.25) is 5.78 Å². The molecule has 84 valence electrons. The molecule has 3 heteroatoms. The zero-order valence-electron chi connectivity index (χ0n) is 9.06. The lowest BCUT2D eigenvalue weighted by Gasteiger charge is -2.05. The molecule has 1 aromatic carbocycles. The van der Waals surface area contributed by atoms with Gasteiger partial charge < -0.3 is 4.57 Å². The summed E-state index contributed by atoms with van der Waals surface area (Å²) in [5, 5.41) is 0.612. The summed E-state index contributed by atoms with van der Waals surface area (Å²) in [6, 6.07) is 10.4. The molecule has 0 amide bonds. The molecule has 0 radical (unpaired) electrons. The second-order valence-electron chi connectivity index (χ2n) is 3.56. The summed E-state index contributed by atoms with van der Waals surface area (Å²) in [4.78, 5) is 12.2. The van der Waals surface area contributed by atoms with Crippen molar-refractivity contribution in [3.8, 4) is 12.3 Å². The summed E-state index contributed by atoms with van der Waals surface area (Å²) in [5.74, 6) is 2.46. The number of rotatable bonds is 3. The second-order valence-corrected chi connectivity index (χ2v) is 4.00. The lowest BCUT2D eigenvalue weighted by atomic mass is 10.1. The molecule has 0 spiro atoms. The molecule has 0 saturated carbocycles. The molecule has 2 nitrogen and oxygen atoms in total. The minimum absolute atomic E-state index is 0.0538. The van der Waals surface area contributed by atoms with Crippen molar-refractivity contribution in [2.24, 2.45) is 0 Å². The SMILES string of the molecule is C#CCn1cccc1C(=O)c1ccc(Cl)cc1. The molecule has 0 saturated heterocycles. The molecule has 0 fully saturated rings. The van der Waals surface area contributed by atoms with Crippen LogP contribution in [0.3, 0.4) is 0 Å². The van der Waals surface area contributed by atoms with E-state index in [1.165, 1.54) is 0 Å². The number of halogens is 1. The molecule has 0 aliphatic rings. The maximum atomic E-state index is 12.2. The highest BCUT2D eigenvalue weighted by Crippen LogP contribution is 2.14. The summed E-state index contributed by atoms with van der Waals surface area (Å²) in [6.07, 6.45) is 7.04. The minimum atomic E-state index is -0.0538. The van der Waals surface area contributed by atoms with Gasteiger partial charge in [0.25, 0.3) is 0 Å². The number of carbonyl (C=O) groups excluding carboxylic acids is 1.